The summed E-state index contributed by atoms with van der Waals surface area (Å²) in [7, 11) is -1.01. The largest absolute Gasteiger partial charge is 0.394 e. The average Bonchev–Trinajstić information content (AvgIpc) is 2.27. The van der Waals surface area contributed by atoms with Crippen molar-refractivity contribution in [2.75, 3.05) is 14.1 Å². The molecule has 0 saturated heterocycles. The summed E-state index contributed by atoms with van der Waals surface area (Å²) in [5.41, 5.74) is 0.572. The normalized spacial score (nSPS) is 23.2. The zero-order chi connectivity index (χ0) is 13.5. The number of nitrogens with one attached hydrogen (secondary N) is 2. The van der Waals surface area contributed by atoms with Gasteiger partial charge in [0, 0.05) is 12.7 Å². The van der Waals surface area contributed by atoms with Gasteiger partial charge in [0.25, 0.3) is 0 Å². The molecule has 1 aliphatic rings. The summed E-state index contributed by atoms with van der Waals surface area (Å²) in [4.78, 5) is 10.7. The first-order chi connectivity index (χ1) is 7.76. The molecule has 4 N–H and O–H groups in total. The number of likely N-dealkylation sites (N-methyl/N-ethyl adjacent to an activating group) is 2. The molecule has 0 aromatic carbocycles. The minimum atomic E-state index is -4.67. The molecule has 0 heterocycles. The van der Waals surface area contributed by atoms with E-state index in [1.807, 2.05) is 25.3 Å². The van der Waals surface area contributed by atoms with Gasteiger partial charge in [0.2, 0.25) is 0 Å². The van der Waals surface area contributed by atoms with Crippen LogP contribution in [0.5, 0.6) is 0 Å². The molecule has 0 aromatic rings. The average molecular weight is 264 g/mol. The van der Waals surface area contributed by atoms with Gasteiger partial charge in [0.1, 0.15) is 6.29 Å². The molecule has 17 heavy (non-hydrogen) atoms. The number of carbonyl (C=O) groups is 1. The Morgan fingerprint density at radius 1 is 1.41 bits per heavy atom. The molecule has 0 amide bonds. The van der Waals surface area contributed by atoms with Crippen molar-refractivity contribution in [2.45, 2.75) is 12.0 Å². The highest BCUT2D eigenvalue weighted by atomic mass is 32.3. The van der Waals surface area contributed by atoms with Crippen molar-refractivity contribution >= 4 is 16.7 Å². The van der Waals surface area contributed by atoms with Crippen LogP contribution in [0.1, 0.15) is 6.42 Å². The molecule has 1 rings (SSSR count). The lowest BCUT2D eigenvalue weighted by molar-refractivity contribution is -0.111. The van der Waals surface area contributed by atoms with Crippen LogP contribution in [-0.4, -0.2) is 43.4 Å². The summed E-state index contributed by atoms with van der Waals surface area (Å²) in [6, 6.07) is 0. The monoisotopic (exact) mass is 264 g/mol. The van der Waals surface area contributed by atoms with E-state index in [9.17, 15) is 4.79 Å². The zero-order valence-corrected chi connectivity index (χ0v) is 10.4. The lowest BCUT2D eigenvalue weighted by Gasteiger charge is -2.25. The Labute approximate surface area is 100 Å². The molecule has 0 radical (unpaired) electrons. The summed E-state index contributed by atoms with van der Waals surface area (Å²) in [5, 5.41) is 6.00. The molecule has 0 aliphatic heterocycles. The fraction of sp³-hybridized carbons (Fsp3) is 0.444. The molecule has 0 saturated carbocycles. The van der Waals surface area contributed by atoms with Gasteiger partial charge in [-0.15, -0.1) is 0 Å². The first-order valence-corrected chi connectivity index (χ1v) is 6.08. The second kappa shape index (κ2) is 6.50. The van der Waals surface area contributed by atoms with Crippen LogP contribution in [0.4, 0.5) is 0 Å². The second-order valence-electron chi connectivity index (χ2n) is 3.30. The van der Waals surface area contributed by atoms with Gasteiger partial charge in [0.15, 0.2) is 0 Å². The van der Waals surface area contributed by atoms with E-state index in [0.717, 1.165) is 12.0 Å². The van der Waals surface area contributed by atoms with E-state index in [1.165, 1.54) is 0 Å². The zero-order valence-electron chi connectivity index (χ0n) is 9.54. The van der Waals surface area contributed by atoms with E-state index in [1.54, 1.807) is 7.05 Å². The molecule has 0 bridgehead atoms. The standard InChI is InChI=1S/C9H14N2O.H2O4S/c1-10-8-3-5-9(7-12,11-2)6-4-8;1-5(2,3)4/h3-5,7,10-11H,6H2,1-2H3;(H2,1,2,3,4). The van der Waals surface area contributed by atoms with Crippen LogP contribution >= 0.6 is 0 Å². The molecule has 1 aliphatic carbocycles. The highest BCUT2D eigenvalue weighted by Crippen LogP contribution is 2.16. The summed E-state index contributed by atoms with van der Waals surface area (Å²) in [6.45, 7) is 0. The van der Waals surface area contributed by atoms with Crippen LogP contribution < -0.4 is 10.6 Å². The smallest absolute Gasteiger partial charge is 0.388 e. The quantitative estimate of drug-likeness (QED) is 0.403. The number of hydrogen-bond acceptors (Lipinski definition) is 5. The van der Waals surface area contributed by atoms with Crippen molar-refractivity contribution in [2.24, 2.45) is 0 Å². The maximum absolute atomic E-state index is 10.7. The number of allylic oxidation sites excluding steroid dienone is 1. The van der Waals surface area contributed by atoms with E-state index >= 15 is 0 Å². The van der Waals surface area contributed by atoms with Crippen LogP contribution in [0.25, 0.3) is 0 Å². The number of rotatable bonds is 3. The summed E-state index contributed by atoms with van der Waals surface area (Å²) >= 11 is 0. The molecule has 1 atom stereocenters. The van der Waals surface area contributed by atoms with Crippen LogP contribution in [0.3, 0.4) is 0 Å². The Balaban J connectivity index is 0.000000437. The Hall–Kier alpha value is -1.22. The molecule has 0 fully saturated rings. The lowest BCUT2D eigenvalue weighted by atomic mass is 9.92. The Morgan fingerprint density at radius 2 is 1.94 bits per heavy atom. The van der Waals surface area contributed by atoms with E-state index < -0.39 is 15.9 Å². The topological polar surface area (TPSA) is 116 Å². The number of hydrogen-bond donors (Lipinski definition) is 4. The van der Waals surface area contributed by atoms with E-state index in [-0.39, 0.29) is 0 Å². The highest BCUT2D eigenvalue weighted by molar-refractivity contribution is 7.79. The van der Waals surface area contributed by atoms with Gasteiger partial charge < -0.3 is 15.4 Å². The van der Waals surface area contributed by atoms with Crippen molar-refractivity contribution < 1.29 is 22.3 Å². The molecule has 98 valence electrons. The third-order valence-corrected chi connectivity index (χ3v) is 2.18. The van der Waals surface area contributed by atoms with Gasteiger partial charge in [-0.2, -0.15) is 8.42 Å². The van der Waals surface area contributed by atoms with E-state index in [2.05, 4.69) is 10.6 Å². The first kappa shape index (κ1) is 15.8. The summed E-state index contributed by atoms with van der Waals surface area (Å²) < 4.78 is 31.6. The molecule has 0 spiro atoms. The van der Waals surface area contributed by atoms with Gasteiger partial charge in [-0.25, -0.2) is 0 Å². The van der Waals surface area contributed by atoms with Crippen LogP contribution in [0.2, 0.25) is 0 Å². The lowest BCUT2D eigenvalue weighted by Crippen LogP contribution is -2.43. The van der Waals surface area contributed by atoms with Crippen LogP contribution in [0, 0.1) is 0 Å². The number of carbonyl (C=O) groups excluding carboxylic acids is 1. The van der Waals surface area contributed by atoms with Crippen LogP contribution in [0.15, 0.2) is 23.9 Å². The van der Waals surface area contributed by atoms with E-state index in [0.29, 0.717) is 6.42 Å². The minimum absolute atomic E-state index is 0.486. The Morgan fingerprint density at radius 3 is 2.18 bits per heavy atom. The highest BCUT2D eigenvalue weighted by Gasteiger charge is 2.24. The van der Waals surface area contributed by atoms with Gasteiger partial charge in [0.05, 0.1) is 5.54 Å². The summed E-state index contributed by atoms with van der Waals surface area (Å²) in [6.07, 6.45) is 7.44. The predicted octanol–water partition coefficient (Wildman–Crippen LogP) is -0.446. The Bertz CT molecular complexity index is 407. The van der Waals surface area contributed by atoms with Crippen molar-refractivity contribution in [3.05, 3.63) is 23.9 Å². The van der Waals surface area contributed by atoms with Crippen molar-refractivity contribution in [1.82, 2.24) is 10.6 Å². The maximum Gasteiger partial charge on any atom is 0.394 e. The molecule has 0 aromatic heterocycles. The fourth-order valence-electron chi connectivity index (χ4n) is 1.17. The van der Waals surface area contributed by atoms with Gasteiger partial charge in [-0.05, 0) is 19.5 Å². The molecule has 7 nitrogen and oxygen atoms in total. The first-order valence-electron chi connectivity index (χ1n) is 4.68. The second-order valence-corrected chi connectivity index (χ2v) is 4.20. The van der Waals surface area contributed by atoms with E-state index in [4.69, 9.17) is 17.5 Å². The molecular formula is C9H16N2O5S. The molecular weight excluding hydrogens is 248 g/mol. The Kier molecular flexibility index (Phi) is 6.03. The van der Waals surface area contributed by atoms with Gasteiger partial charge in [-0.1, -0.05) is 12.2 Å². The third-order valence-electron chi connectivity index (χ3n) is 2.18. The maximum atomic E-state index is 10.7. The van der Waals surface area contributed by atoms with Crippen LogP contribution in [-0.2, 0) is 15.2 Å². The SMILES string of the molecule is CNC1=CCC(C=O)(NC)C=C1.O=S(=O)(O)O. The van der Waals surface area contributed by atoms with Crippen molar-refractivity contribution in [1.29, 1.82) is 0 Å². The van der Waals surface area contributed by atoms with Gasteiger partial charge in [-0.3, -0.25) is 9.11 Å². The van der Waals surface area contributed by atoms with Gasteiger partial charge >= 0.3 is 10.4 Å². The van der Waals surface area contributed by atoms with Crippen molar-refractivity contribution in [3.8, 4) is 0 Å². The van der Waals surface area contributed by atoms with Crippen molar-refractivity contribution in [3.63, 3.8) is 0 Å². The predicted molar refractivity (Wildman–Crippen MR) is 62.9 cm³/mol. The molecule has 8 heteroatoms. The minimum Gasteiger partial charge on any atom is -0.388 e. The third kappa shape index (κ3) is 6.84. The summed E-state index contributed by atoms with van der Waals surface area (Å²) in [5.74, 6) is 0. The fourth-order valence-corrected chi connectivity index (χ4v) is 1.17. The number of aldehydes is 1. The molecule has 1 unspecified atom stereocenters.